The van der Waals surface area contributed by atoms with Gasteiger partial charge in [-0.15, -0.1) is 5.10 Å². The molecule has 27 heavy (non-hydrogen) atoms. The molecule has 0 fully saturated rings. The summed E-state index contributed by atoms with van der Waals surface area (Å²) >= 11 is 0. The standard InChI is InChI=1S/C21H17N5O/c27-21(18-10-8-17(9-11-18)16-5-2-1-3-6-16)23-13-19-15-26(25-24-19)20-7-4-12-22-14-20/h1-12,14-15H,13H2,(H,23,27). The summed E-state index contributed by atoms with van der Waals surface area (Å²) in [5.41, 5.74) is 4.30. The van der Waals surface area contributed by atoms with Crippen molar-refractivity contribution in [2.45, 2.75) is 6.54 Å². The van der Waals surface area contributed by atoms with Crippen molar-refractivity contribution in [2.75, 3.05) is 0 Å². The van der Waals surface area contributed by atoms with E-state index in [0.717, 1.165) is 16.8 Å². The molecule has 4 aromatic rings. The van der Waals surface area contributed by atoms with Gasteiger partial charge < -0.3 is 5.32 Å². The fourth-order valence-electron chi connectivity index (χ4n) is 2.71. The third kappa shape index (κ3) is 3.90. The molecule has 1 amide bonds. The summed E-state index contributed by atoms with van der Waals surface area (Å²) in [6, 6.07) is 21.3. The Bertz CT molecular complexity index is 1030. The van der Waals surface area contributed by atoms with Crippen molar-refractivity contribution in [3.8, 4) is 16.8 Å². The second kappa shape index (κ2) is 7.61. The zero-order chi connectivity index (χ0) is 18.5. The summed E-state index contributed by atoms with van der Waals surface area (Å²) in [6.07, 6.45) is 5.17. The maximum Gasteiger partial charge on any atom is 0.251 e. The van der Waals surface area contributed by atoms with Crippen LogP contribution in [-0.4, -0.2) is 25.9 Å². The molecule has 132 valence electrons. The van der Waals surface area contributed by atoms with Crippen LogP contribution in [0.5, 0.6) is 0 Å². The molecular weight excluding hydrogens is 338 g/mol. The average molecular weight is 355 g/mol. The number of amides is 1. The van der Waals surface area contributed by atoms with Crippen LogP contribution in [0, 0.1) is 0 Å². The number of benzene rings is 2. The van der Waals surface area contributed by atoms with Gasteiger partial charge in [-0.05, 0) is 35.4 Å². The van der Waals surface area contributed by atoms with E-state index in [-0.39, 0.29) is 5.91 Å². The second-order valence-corrected chi connectivity index (χ2v) is 5.99. The minimum atomic E-state index is -0.148. The van der Waals surface area contributed by atoms with E-state index in [0.29, 0.717) is 17.8 Å². The van der Waals surface area contributed by atoms with Gasteiger partial charge in [0.05, 0.1) is 24.6 Å². The second-order valence-electron chi connectivity index (χ2n) is 5.99. The fourth-order valence-corrected chi connectivity index (χ4v) is 2.71. The molecule has 2 aromatic carbocycles. The van der Waals surface area contributed by atoms with Crippen LogP contribution in [0.4, 0.5) is 0 Å². The molecule has 2 aromatic heterocycles. The molecule has 4 rings (SSSR count). The Kier molecular flexibility index (Phi) is 4.70. The minimum absolute atomic E-state index is 0.148. The average Bonchev–Trinajstić information content (AvgIpc) is 3.22. The Hall–Kier alpha value is -3.80. The zero-order valence-corrected chi connectivity index (χ0v) is 14.5. The highest BCUT2D eigenvalue weighted by Gasteiger charge is 2.08. The molecule has 2 heterocycles. The quantitative estimate of drug-likeness (QED) is 0.596. The molecule has 0 radical (unpaired) electrons. The van der Waals surface area contributed by atoms with Crippen molar-refractivity contribution in [2.24, 2.45) is 0 Å². The first-order valence-corrected chi connectivity index (χ1v) is 8.55. The van der Waals surface area contributed by atoms with Crippen molar-refractivity contribution in [3.05, 3.63) is 96.6 Å². The number of rotatable bonds is 5. The summed E-state index contributed by atoms with van der Waals surface area (Å²) < 4.78 is 1.63. The number of carbonyl (C=O) groups is 1. The molecule has 0 bridgehead atoms. The maximum absolute atomic E-state index is 12.4. The van der Waals surface area contributed by atoms with Gasteiger partial charge >= 0.3 is 0 Å². The predicted molar refractivity (Wildman–Crippen MR) is 102 cm³/mol. The molecule has 0 atom stereocenters. The van der Waals surface area contributed by atoms with Gasteiger partial charge in [0.1, 0.15) is 5.69 Å². The van der Waals surface area contributed by atoms with Gasteiger partial charge in [-0.2, -0.15) is 0 Å². The summed E-state index contributed by atoms with van der Waals surface area (Å²) in [5.74, 6) is -0.148. The lowest BCUT2D eigenvalue weighted by molar-refractivity contribution is 0.0950. The summed E-state index contributed by atoms with van der Waals surface area (Å²) in [5, 5.41) is 11.0. The van der Waals surface area contributed by atoms with E-state index in [1.54, 1.807) is 23.3 Å². The molecule has 1 N–H and O–H groups in total. The first kappa shape index (κ1) is 16.7. The lowest BCUT2D eigenvalue weighted by atomic mass is 10.0. The molecule has 0 unspecified atom stereocenters. The highest BCUT2D eigenvalue weighted by Crippen LogP contribution is 2.19. The molecule has 6 nitrogen and oxygen atoms in total. The van der Waals surface area contributed by atoms with Gasteiger partial charge in [-0.1, -0.05) is 47.7 Å². The van der Waals surface area contributed by atoms with Crippen LogP contribution in [-0.2, 0) is 6.54 Å². The monoisotopic (exact) mass is 355 g/mol. The Labute approximate surface area is 156 Å². The first-order valence-electron chi connectivity index (χ1n) is 8.55. The zero-order valence-electron chi connectivity index (χ0n) is 14.5. The van der Waals surface area contributed by atoms with Crippen molar-refractivity contribution < 1.29 is 4.79 Å². The Morgan fingerprint density at radius 1 is 0.926 bits per heavy atom. The van der Waals surface area contributed by atoms with Crippen LogP contribution in [0.15, 0.2) is 85.3 Å². The topological polar surface area (TPSA) is 72.7 Å². The number of carbonyl (C=O) groups excluding carboxylic acids is 1. The van der Waals surface area contributed by atoms with Crippen molar-refractivity contribution in [1.29, 1.82) is 0 Å². The summed E-state index contributed by atoms with van der Waals surface area (Å²) in [4.78, 5) is 16.4. The Morgan fingerprint density at radius 3 is 2.44 bits per heavy atom. The van der Waals surface area contributed by atoms with Gasteiger partial charge in [0.2, 0.25) is 0 Å². The molecule has 6 heteroatoms. The SMILES string of the molecule is O=C(NCc1cn(-c2cccnc2)nn1)c1ccc(-c2ccccc2)cc1. The smallest absolute Gasteiger partial charge is 0.251 e. The lowest BCUT2D eigenvalue weighted by Crippen LogP contribution is -2.22. The van der Waals surface area contributed by atoms with E-state index in [2.05, 4.69) is 20.6 Å². The van der Waals surface area contributed by atoms with Crippen LogP contribution in [0.1, 0.15) is 16.1 Å². The van der Waals surface area contributed by atoms with Gasteiger partial charge in [0.25, 0.3) is 5.91 Å². The summed E-state index contributed by atoms with van der Waals surface area (Å²) in [6.45, 7) is 0.305. The van der Waals surface area contributed by atoms with Crippen LogP contribution >= 0.6 is 0 Å². The molecular formula is C21H17N5O. The number of nitrogens with one attached hydrogen (secondary N) is 1. The third-order valence-corrected chi connectivity index (χ3v) is 4.14. The molecule has 0 saturated carbocycles. The predicted octanol–water partition coefficient (Wildman–Crippen LogP) is 3.26. The van der Waals surface area contributed by atoms with E-state index in [4.69, 9.17) is 0 Å². The van der Waals surface area contributed by atoms with Crippen molar-refractivity contribution in [1.82, 2.24) is 25.3 Å². The van der Waals surface area contributed by atoms with Gasteiger partial charge in [-0.25, -0.2) is 4.68 Å². The number of hydrogen-bond acceptors (Lipinski definition) is 4. The summed E-state index contributed by atoms with van der Waals surface area (Å²) in [7, 11) is 0. The molecule has 0 saturated heterocycles. The molecule has 0 aliphatic carbocycles. The van der Waals surface area contributed by atoms with Crippen LogP contribution < -0.4 is 5.32 Å². The number of hydrogen-bond donors (Lipinski definition) is 1. The van der Waals surface area contributed by atoms with E-state index >= 15 is 0 Å². The fraction of sp³-hybridized carbons (Fsp3) is 0.0476. The lowest BCUT2D eigenvalue weighted by Gasteiger charge is -2.05. The first-order chi connectivity index (χ1) is 13.3. The van der Waals surface area contributed by atoms with E-state index < -0.39 is 0 Å². The van der Waals surface area contributed by atoms with Gasteiger partial charge in [-0.3, -0.25) is 9.78 Å². The van der Waals surface area contributed by atoms with Crippen LogP contribution in [0.25, 0.3) is 16.8 Å². The van der Waals surface area contributed by atoms with E-state index in [1.165, 1.54) is 0 Å². The van der Waals surface area contributed by atoms with E-state index in [9.17, 15) is 4.79 Å². The van der Waals surface area contributed by atoms with Crippen molar-refractivity contribution >= 4 is 5.91 Å². The van der Waals surface area contributed by atoms with Crippen LogP contribution in [0.2, 0.25) is 0 Å². The Morgan fingerprint density at radius 2 is 1.70 bits per heavy atom. The molecule has 0 spiro atoms. The normalized spacial score (nSPS) is 10.5. The highest BCUT2D eigenvalue weighted by molar-refractivity contribution is 5.94. The number of nitrogens with zero attached hydrogens (tertiary/aromatic N) is 4. The largest absolute Gasteiger partial charge is 0.346 e. The van der Waals surface area contributed by atoms with Gasteiger partial charge in [0.15, 0.2) is 0 Å². The molecule has 0 aliphatic rings. The van der Waals surface area contributed by atoms with Crippen molar-refractivity contribution in [3.63, 3.8) is 0 Å². The third-order valence-electron chi connectivity index (χ3n) is 4.14. The maximum atomic E-state index is 12.4. The Balaban J connectivity index is 1.39. The number of aromatic nitrogens is 4. The highest BCUT2D eigenvalue weighted by atomic mass is 16.1. The van der Waals surface area contributed by atoms with E-state index in [1.807, 2.05) is 66.7 Å². The number of pyridine rings is 1. The minimum Gasteiger partial charge on any atom is -0.346 e. The van der Waals surface area contributed by atoms with Gasteiger partial charge in [0, 0.05) is 11.8 Å². The van der Waals surface area contributed by atoms with Crippen LogP contribution in [0.3, 0.4) is 0 Å². The molecule has 0 aliphatic heterocycles.